The van der Waals surface area contributed by atoms with E-state index < -0.39 is 0 Å². The quantitative estimate of drug-likeness (QED) is 0.445. The van der Waals surface area contributed by atoms with Gasteiger partial charge in [-0.15, -0.1) is 10.2 Å². The van der Waals surface area contributed by atoms with Crippen LogP contribution < -0.4 is 0 Å². The van der Waals surface area contributed by atoms with Gasteiger partial charge in [-0.2, -0.15) is 0 Å². The first-order chi connectivity index (χ1) is 10.6. The van der Waals surface area contributed by atoms with E-state index in [-0.39, 0.29) is 11.7 Å². The normalized spacial score (nSPS) is 10.7. The summed E-state index contributed by atoms with van der Waals surface area (Å²) in [6.45, 7) is 4.60. The molecule has 0 unspecified atom stereocenters. The molecule has 5 nitrogen and oxygen atoms in total. The Balaban J connectivity index is 1.98. The first-order valence-corrected chi connectivity index (χ1v) is 8.35. The lowest BCUT2D eigenvalue weighted by atomic mass is 10.1. The highest BCUT2D eigenvalue weighted by atomic mass is 32.2. The topological polar surface area (TPSA) is 57.0 Å². The maximum Gasteiger partial charge on any atom is 0.316 e. The van der Waals surface area contributed by atoms with E-state index in [1.165, 1.54) is 17.3 Å². The molecule has 0 bridgehead atoms. The number of hydrogen-bond donors (Lipinski definition) is 0. The zero-order valence-corrected chi connectivity index (χ0v) is 14.0. The van der Waals surface area contributed by atoms with Crippen molar-refractivity contribution in [3.63, 3.8) is 0 Å². The second-order valence-electron chi connectivity index (χ2n) is 5.10. The standard InChI is InChI=1S/C16H21N3O2S/c1-4-5-9-21-14(20)11-22-16-18-17-15(19(16)3)13-8-6-7-12(2)10-13/h6-8,10H,4-5,9,11H2,1-3H3. The van der Waals surface area contributed by atoms with Gasteiger partial charge in [0.1, 0.15) is 0 Å². The number of benzene rings is 1. The Morgan fingerprint density at radius 1 is 1.36 bits per heavy atom. The van der Waals surface area contributed by atoms with Crippen molar-refractivity contribution in [1.82, 2.24) is 14.8 Å². The molecular formula is C16H21N3O2S. The SMILES string of the molecule is CCCCOC(=O)CSc1nnc(-c2cccc(C)c2)n1C. The molecule has 22 heavy (non-hydrogen) atoms. The number of aryl methyl sites for hydroxylation is 1. The minimum atomic E-state index is -0.210. The predicted molar refractivity (Wildman–Crippen MR) is 87.8 cm³/mol. The van der Waals surface area contributed by atoms with E-state index in [1.807, 2.05) is 36.7 Å². The molecule has 0 saturated carbocycles. The average Bonchev–Trinajstić information content (AvgIpc) is 2.86. The Morgan fingerprint density at radius 3 is 2.91 bits per heavy atom. The molecule has 0 amide bonds. The Hall–Kier alpha value is -1.82. The van der Waals surface area contributed by atoms with Crippen molar-refractivity contribution in [1.29, 1.82) is 0 Å². The molecule has 0 aliphatic heterocycles. The highest BCUT2D eigenvalue weighted by molar-refractivity contribution is 7.99. The molecular weight excluding hydrogens is 298 g/mol. The molecule has 0 aliphatic rings. The smallest absolute Gasteiger partial charge is 0.316 e. The van der Waals surface area contributed by atoms with Gasteiger partial charge in [0.2, 0.25) is 0 Å². The molecule has 6 heteroatoms. The summed E-state index contributed by atoms with van der Waals surface area (Å²) in [5.74, 6) is 0.841. The second-order valence-corrected chi connectivity index (χ2v) is 6.04. The van der Waals surface area contributed by atoms with Gasteiger partial charge in [0.25, 0.3) is 0 Å². The van der Waals surface area contributed by atoms with E-state index in [9.17, 15) is 4.79 Å². The summed E-state index contributed by atoms with van der Waals surface area (Å²) in [6, 6.07) is 8.11. The predicted octanol–water partition coefficient (Wildman–Crippen LogP) is 3.23. The number of thioether (sulfide) groups is 1. The van der Waals surface area contributed by atoms with Gasteiger partial charge >= 0.3 is 5.97 Å². The van der Waals surface area contributed by atoms with Crippen LogP contribution >= 0.6 is 11.8 Å². The molecule has 2 aromatic rings. The second kappa shape index (κ2) is 7.98. The Bertz CT molecular complexity index is 640. The lowest BCUT2D eigenvalue weighted by Crippen LogP contribution is -2.09. The Morgan fingerprint density at radius 2 is 2.18 bits per heavy atom. The molecule has 1 aromatic heterocycles. The van der Waals surface area contributed by atoms with Gasteiger partial charge in [-0.1, -0.05) is 48.9 Å². The number of aromatic nitrogens is 3. The molecule has 0 fully saturated rings. The molecule has 0 radical (unpaired) electrons. The van der Waals surface area contributed by atoms with Crippen molar-refractivity contribution in [2.75, 3.05) is 12.4 Å². The summed E-state index contributed by atoms with van der Waals surface area (Å²) in [4.78, 5) is 11.6. The van der Waals surface area contributed by atoms with Crippen LogP contribution in [0, 0.1) is 6.92 Å². The average molecular weight is 319 g/mol. The minimum absolute atomic E-state index is 0.210. The first kappa shape index (κ1) is 16.5. The lowest BCUT2D eigenvalue weighted by molar-refractivity contribution is -0.140. The van der Waals surface area contributed by atoms with Gasteiger partial charge in [-0.25, -0.2) is 0 Å². The van der Waals surface area contributed by atoms with Gasteiger partial charge < -0.3 is 9.30 Å². The summed E-state index contributed by atoms with van der Waals surface area (Å²) in [5.41, 5.74) is 2.20. The van der Waals surface area contributed by atoms with Crippen LogP contribution in [0.15, 0.2) is 29.4 Å². The summed E-state index contributed by atoms with van der Waals surface area (Å²) in [6.07, 6.45) is 1.92. The molecule has 0 saturated heterocycles. The van der Waals surface area contributed by atoms with Gasteiger partial charge in [0, 0.05) is 12.6 Å². The Kier molecular flexibility index (Phi) is 6.00. The van der Waals surface area contributed by atoms with E-state index in [0.717, 1.165) is 24.2 Å². The van der Waals surface area contributed by atoms with E-state index in [2.05, 4.69) is 23.2 Å². The van der Waals surface area contributed by atoms with Crippen LogP contribution in [0.5, 0.6) is 0 Å². The number of carbonyl (C=O) groups is 1. The van der Waals surface area contributed by atoms with Gasteiger partial charge in [0.05, 0.1) is 12.4 Å². The van der Waals surface area contributed by atoms with Gasteiger partial charge in [-0.05, 0) is 19.4 Å². The molecule has 0 atom stereocenters. The summed E-state index contributed by atoms with van der Waals surface area (Å²) in [5, 5.41) is 9.09. The largest absolute Gasteiger partial charge is 0.465 e. The highest BCUT2D eigenvalue weighted by Crippen LogP contribution is 2.23. The van der Waals surface area contributed by atoms with E-state index in [0.29, 0.717) is 11.8 Å². The van der Waals surface area contributed by atoms with Crippen LogP contribution in [-0.2, 0) is 16.6 Å². The van der Waals surface area contributed by atoms with Crippen molar-refractivity contribution in [2.45, 2.75) is 31.8 Å². The van der Waals surface area contributed by atoms with E-state index in [4.69, 9.17) is 4.74 Å². The van der Waals surface area contributed by atoms with Crippen LogP contribution in [0.2, 0.25) is 0 Å². The number of carbonyl (C=O) groups excluding carboxylic acids is 1. The van der Waals surface area contributed by atoms with Crippen molar-refractivity contribution in [2.24, 2.45) is 7.05 Å². The van der Waals surface area contributed by atoms with E-state index >= 15 is 0 Å². The number of esters is 1. The third kappa shape index (κ3) is 4.34. The molecule has 118 valence electrons. The van der Waals surface area contributed by atoms with E-state index in [1.54, 1.807) is 0 Å². The highest BCUT2D eigenvalue weighted by Gasteiger charge is 2.13. The molecule has 0 spiro atoms. The van der Waals surface area contributed by atoms with Crippen LogP contribution in [0.4, 0.5) is 0 Å². The third-order valence-corrected chi connectivity index (χ3v) is 4.18. The molecule has 2 rings (SSSR count). The van der Waals surface area contributed by atoms with Crippen molar-refractivity contribution in [3.05, 3.63) is 29.8 Å². The maximum absolute atomic E-state index is 11.6. The number of unbranched alkanes of at least 4 members (excludes halogenated alkanes) is 1. The Labute approximate surface area is 135 Å². The lowest BCUT2D eigenvalue weighted by Gasteiger charge is -2.05. The van der Waals surface area contributed by atoms with Crippen LogP contribution in [0.1, 0.15) is 25.3 Å². The fraction of sp³-hybridized carbons (Fsp3) is 0.438. The number of hydrogen-bond acceptors (Lipinski definition) is 5. The molecule has 1 aromatic carbocycles. The monoisotopic (exact) mass is 319 g/mol. The minimum Gasteiger partial charge on any atom is -0.465 e. The zero-order chi connectivity index (χ0) is 15.9. The number of rotatable bonds is 7. The fourth-order valence-corrected chi connectivity index (χ4v) is 2.68. The molecule has 0 N–H and O–H groups in total. The van der Waals surface area contributed by atoms with Crippen molar-refractivity contribution < 1.29 is 9.53 Å². The van der Waals surface area contributed by atoms with Crippen LogP contribution in [0.3, 0.4) is 0 Å². The van der Waals surface area contributed by atoms with Crippen LogP contribution in [0.25, 0.3) is 11.4 Å². The van der Waals surface area contributed by atoms with Crippen molar-refractivity contribution >= 4 is 17.7 Å². The van der Waals surface area contributed by atoms with Crippen molar-refractivity contribution in [3.8, 4) is 11.4 Å². The summed E-state index contributed by atoms with van der Waals surface area (Å²) >= 11 is 1.35. The van der Waals surface area contributed by atoms with Gasteiger partial charge in [-0.3, -0.25) is 4.79 Å². The van der Waals surface area contributed by atoms with Crippen LogP contribution in [-0.4, -0.2) is 33.1 Å². The maximum atomic E-state index is 11.6. The fourth-order valence-electron chi connectivity index (χ4n) is 1.97. The molecule has 0 aliphatic carbocycles. The third-order valence-electron chi connectivity index (χ3n) is 3.19. The first-order valence-electron chi connectivity index (χ1n) is 7.36. The molecule has 1 heterocycles. The number of ether oxygens (including phenoxy) is 1. The zero-order valence-electron chi connectivity index (χ0n) is 13.2. The summed E-state index contributed by atoms with van der Waals surface area (Å²) < 4.78 is 7.04. The summed E-state index contributed by atoms with van der Waals surface area (Å²) in [7, 11) is 1.91. The van der Waals surface area contributed by atoms with Gasteiger partial charge in [0.15, 0.2) is 11.0 Å². The number of nitrogens with zero attached hydrogens (tertiary/aromatic N) is 3.